The van der Waals surface area contributed by atoms with Gasteiger partial charge in [0.05, 0.1) is 0 Å². The van der Waals surface area contributed by atoms with Crippen LogP contribution in [-0.4, -0.2) is 42.0 Å². The van der Waals surface area contributed by atoms with Crippen molar-refractivity contribution < 1.29 is 52.7 Å². The van der Waals surface area contributed by atoms with Crippen molar-refractivity contribution in [3.05, 3.63) is 0 Å². The molecule has 1 saturated carbocycles. The lowest BCUT2D eigenvalue weighted by Crippen LogP contribution is -2.65. The van der Waals surface area contributed by atoms with Gasteiger partial charge in [-0.1, -0.05) is 0 Å². The molecule has 0 aromatic carbocycles. The van der Waals surface area contributed by atoms with E-state index in [1.54, 1.807) is 0 Å². The average Bonchev–Trinajstić information content (AvgIpc) is 2.25. The molecule has 0 bridgehead atoms. The number of hydrogen-bond donors (Lipinski definition) is 0. The third-order valence-corrected chi connectivity index (χ3v) is 2.58. The smallest absolute Gasteiger partial charge is 0.237 e. The van der Waals surface area contributed by atoms with Crippen LogP contribution in [-0.2, 0) is 0 Å². The first kappa shape index (κ1) is 16.2. The first-order chi connectivity index (χ1) is 8.07. The van der Waals surface area contributed by atoms with E-state index >= 15 is 0 Å². The van der Waals surface area contributed by atoms with Gasteiger partial charge in [-0.3, -0.25) is 0 Å². The van der Waals surface area contributed by atoms with E-state index in [2.05, 4.69) is 0 Å². The van der Waals surface area contributed by atoms with Gasteiger partial charge in [0.25, 0.3) is 0 Å². The van der Waals surface area contributed by atoms with Crippen molar-refractivity contribution >= 4 is 0 Å². The lowest BCUT2D eigenvalue weighted by atomic mass is 9.99. The lowest BCUT2D eigenvalue weighted by molar-refractivity contribution is -0.389. The van der Waals surface area contributed by atoms with Crippen LogP contribution in [0.3, 0.4) is 0 Å². The second-order valence-corrected chi connectivity index (χ2v) is 3.77. The van der Waals surface area contributed by atoms with E-state index < -0.39 is 42.0 Å². The van der Waals surface area contributed by atoms with Crippen molar-refractivity contribution in [2.45, 2.75) is 42.0 Å². The second-order valence-electron chi connectivity index (χ2n) is 3.77. The molecule has 1 aliphatic rings. The van der Waals surface area contributed by atoms with Crippen molar-refractivity contribution in [1.82, 2.24) is 0 Å². The summed E-state index contributed by atoms with van der Waals surface area (Å²) < 4.78 is 151. The van der Waals surface area contributed by atoms with E-state index in [9.17, 15) is 52.7 Å². The zero-order valence-corrected chi connectivity index (χ0v) is 8.19. The molecule has 0 N–H and O–H groups in total. The Balaban J connectivity index is 3.69. The Morgan fingerprint density at radius 2 is 0.632 bits per heavy atom. The molecule has 0 aliphatic heterocycles. The van der Waals surface area contributed by atoms with Crippen LogP contribution in [0.15, 0.2) is 0 Å². The predicted molar refractivity (Wildman–Crippen MR) is 34.5 cm³/mol. The lowest BCUT2D eigenvalue weighted by Gasteiger charge is -2.35. The third-order valence-electron chi connectivity index (χ3n) is 2.58. The van der Waals surface area contributed by atoms with Crippen LogP contribution in [0.5, 0.6) is 0 Å². The molecule has 1 rings (SSSR count). The van der Waals surface area contributed by atoms with Gasteiger partial charge in [-0.15, -0.1) is 0 Å². The fourth-order valence-corrected chi connectivity index (χ4v) is 1.33. The minimum Gasteiger partial charge on any atom is -0.237 e. The maximum absolute atomic E-state index is 12.6. The van der Waals surface area contributed by atoms with Gasteiger partial charge in [-0.25, -0.2) is 8.78 Å². The molecule has 0 spiro atoms. The molecule has 2 atom stereocenters. The molecule has 1 aliphatic carbocycles. The minimum absolute atomic E-state index is 5.24. The van der Waals surface area contributed by atoms with Gasteiger partial charge in [0, 0.05) is 0 Å². The second kappa shape index (κ2) is 3.62. The van der Waals surface area contributed by atoms with Crippen LogP contribution in [0.1, 0.15) is 0 Å². The van der Waals surface area contributed by atoms with Crippen molar-refractivity contribution in [2.24, 2.45) is 0 Å². The molecule has 0 radical (unpaired) electrons. The largest absolute Gasteiger partial charge is 0.384 e. The summed E-state index contributed by atoms with van der Waals surface area (Å²) in [5.74, 6) is -35.3. The Labute approximate surface area is 95.9 Å². The molecule has 19 heavy (non-hydrogen) atoms. The van der Waals surface area contributed by atoms with Gasteiger partial charge in [-0.2, -0.15) is 43.9 Å². The first-order valence-electron chi connectivity index (χ1n) is 4.24. The summed E-state index contributed by atoms with van der Waals surface area (Å²) in [5, 5.41) is 0. The predicted octanol–water partition coefficient (Wildman–Crippen LogP) is 3.85. The molecule has 0 saturated heterocycles. The molecule has 0 aromatic rings. The Morgan fingerprint density at radius 1 is 0.421 bits per heavy atom. The summed E-state index contributed by atoms with van der Waals surface area (Å²) in [6.45, 7) is 0. The van der Waals surface area contributed by atoms with E-state index in [1.165, 1.54) is 0 Å². The maximum Gasteiger partial charge on any atom is 0.384 e. The number of rotatable bonds is 0. The summed E-state index contributed by atoms with van der Waals surface area (Å²) in [6.07, 6.45) is -10.5. The molecule has 0 nitrogen and oxygen atoms in total. The van der Waals surface area contributed by atoms with Crippen molar-refractivity contribution in [2.75, 3.05) is 0 Å². The Kier molecular flexibility index (Phi) is 3.09. The molecule has 0 amide bonds. The molecule has 2 unspecified atom stereocenters. The maximum atomic E-state index is 12.6. The zero-order chi connectivity index (χ0) is 15.7. The standard InChI is InChI=1S/C7H2F12/c8-1-2(9)4(12,13)6(16,17)7(18,19)5(14,15)3(1,10)11/h1-2H. The van der Waals surface area contributed by atoms with E-state index in [0.717, 1.165) is 0 Å². The SMILES string of the molecule is FC1C(F)C(F)(F)C(F)(F)C(F)(F)C(F)(F)C1(F)F. The van der Waals surface area contributed by atoms with Crippen molar-refractivity contribution in [3.8, 4) is 0 Å². The van der Waals surface area contributed by atoms with Crippen molar-refractivity contribution in [3.63, 3.8) is 0 Å². The van der Waals surface area contributed by atoms with Crippen LogP contribution in [0, 0.1) is 0 Å². The first-order valence-corrected chi connectivity index (χ1v) is 4.24. The fourth-order valence-electron chi connectivity index (χ4n) is 1.33. The van der Waals surface area contributed by atoms with Gasteiger partial charge in [0.15, 0.2) is 0 Å². The Morgan fingerprint density at radius 3 is 0.842 bits per heavy atom. The summed E-state index contributed by atoms with van der Waals surface area (Å²) in [6, 6.07) is 0. The quantitative estimate of drug-likeness (QED) is 0.471. The summed E-state index contributed by atoms with van der Waals surface area (Å²) in [4.78, 5) is 0. The van der Waals surface area contributed by atoms with E-state index in [0.29, 0.717) is 0 Å². The van der Waals surface area contributed by atoms with Crippen LogP contribution in [0.4, 0.5) is 52.7 Å². The van der Waals surface area contributed by atoms with E-state index in [1.807, 2.05) is 0 Å². The molecule has 12 heteroatoms. The minimum atomic E-state index is -7.36. The molecule has 1 fully saturated rings. The highest BCUT2D eigenvalue weighted by atomic mass is 19.4. The van der Waals surface area contributed by atoms with Gasteiger partial charge in [-0.05, 0) is 0 Å². The number of halogens is 12. The normalized spacial score (nSPS) is 38.5. The molecule has 0 aromatic heterocycles. The number of alkyl halides is 12. The molecule has 0 heterocycles. The monoisotopic (exact) mass is 314 g/mol. The molecule has 114 valence electrons. The van der Waals surface area contributed by atoms with Gasteiger partial charge < -0.3 is 0 Å². The summed E-state index contributed by atoms with van der Waals surface area (Å²) in [7, 11) is 0. The van der Waals surface area contributed by atoms with Crippen LogP contribution < -0.4 is 0 Å². The van der Waals surface area contributed by atoms with Gasteiger partial charge in [0.2, 0.25) is 12.3 Å². The van der Waals surface area contributed by atoms with Crippen LogP contribution >= 0.6 is 0 Å². The van der Waals surface area contributed by atoms with Crippen molar-refractivity contribution in [1.29, 1.82) is 0 Å². The Hall–Kier alpha value is -0.840. The zero-order valence-electron chi connectivity index (χ0n) is 8.19. The van der Waals surface area contributed by atoms with Gasteiger partial charge in [0.1, 0.15) is 0 Å². The number of hydrogen-bond acceptors (Lipinski definition) is 0. The molecular formula is C7H2F12. The highest BCUT2D eigenvalue weighted by Gasteiger charge is 2.93. The highest BCUT2D eigenvalue weighted by molar-refractivity contribution is 5.17. The Bertz CT molecular complexity index is 336. The van der Waals surface area contributed by atoms with Crippen LogP contribution in [0.25, 0.3) is 0 Å². The fraction of sp³-hybridized carbons (Fsp3) is 1.00. The van der Waals surface area contributed by atoms with Crippen LogP contribution in [0.2, 0.25) is 0 Å². The third kappa shape index (κ3) is 1.51. The topological polar surface area (TPSA) is 0 Å². The van der Waals surface area contributed by atoms with Gasteiger partial charge >= 0.3 is 29.6 Å². The summed E-state index contributed by atoms with van der Waals surface area (Å²) in [5.41, 5.74) is 0. The van der Waals surface area contributed by atoms with E-state index in [4.69, 9.17) is 0 Å². The highest BCUT2D eigenvalue weighted by Crippen LogP contribution is 2.62. The summed E-state index contributed by atoms with van der Waals surface area (Å²) >= 11 is 0. The average molecular weight is 314 g/mol. The van der Waals surface area contributed by atoms with E-state index in [-0.39, 0.29) is 0 Å². The molecular weight excluding hydrogens is 312 g/mol.